The molecule has 1 aliphatic heterocycles. The minimum atomic E-state index is -3.77. The van der Waals surface area contributed by atoms with Gasteiger partial charge in [-0.2, -0.15) is 0 Å². The molecule has 26 heavy (non-hydrogen) atoms. The van der Waals surface area contributed by atoms with Gasteiger partial charge in [0.15, 0.2) is 19.7 Å². The molecule has 0 spiro atoms. The molecule has 7 nitrogen and oxygen atoms in total. The highest BCUT2D eigenvalue weighted by atomic mass is 32.2. The maximum Gasteiger partial charge on any atom is 0.183 e. The minimum Gasteiger partial charge on any atom is -0.494 e. The lowest BCUT2D eigenvalue weighted by molar-refractivity contribution is 0.144. The zero-order valence-corrected chi connectivity index (χ0v) is 16.8. The van der Waals surface area contributed by atoms with E-state index in [0.29, 0.717) is 38.5 Å². The van der Waals surface area contributed by atoms with Crippen molar-refractivity contribution in [3.8, 4) is 5.75 Å². The van der Waals surface area contributed by atoms with E-state index in [-0.39, 0.29) is 16.4 Å². The number of hydrogen-bond acceptors (Lipinski definition) is 7. The highest BCUT2D eigenvalue weighted by molar-refractivity contribution is 7.96. The van der Waals surface area contributed by atoms with Gasteiger partial charge in [0.05, 0.1) is 28.3 Å². The molecule has 0 radical (unpaired) electrons. The molecular formula is C17H27NO6S2. The van der Waals surface area contributed by atoms with Crippen molar-refractivity contribution in [3.05, 3.63) is 24.3 Å². The number of sulfone groups is 2. The summed E-state index contributed by atoms with van der Waals surface area (Å²) in [6.45, 7) is 5.91. The first kappa shape index (κ1) is 21.1. The second-order valence-corrected chi connectivity index (χ2v) is 10.5. The third kappa shape index (κ3) is 5.42. The van der Waals surface area contributed by atoms with E-state index in [2.05, 4.69) is 5.32 Å². The quantitative estimate of drug-likeness (QED) is 0.581. The van der Waals surface area contributed by atoms with Crippen LogP contribution in [0, 0.1) is 0 Å². The van der Waals surface area contributed by atoms with E-state index >= 15 is 0 Å². The summed E-state index contributed by atoms with van der Waals surface area (Å²) in [7, 11) is -7.16. The molecule has 0 aromatic heterocycles. The van der Waals surface area contributed by atoms with Crippen LogP contribution < -0.4 is 10.1 Å². The lowest BCUT2D eigenvalue weighted by atomic mass is 10.2. The topological polar surface area (TPSA) is 98.8 Å². The van der Waals surface area contributed by atoms with Crippen molar-refractivity contribution in [2.24, 2.45) is 0 Å². The largest absolute Gasteiger partial charge is 0.494 e. The zero-order chi connectivity index (χ0) is 19.2. The molecule has 0 aliphatic carbocycles. The lowest BCUT2D eigenvalue weighted by Crippen LogP contribution is -2.43. The Morgan fingerprint density at radius 3 is 2.42 bits per heavy atom. The first-order chi connectivity index (χ1) is 12.3. The van der Waals surface area contributed by atoms with Crippen molar-refractivity contribution in [2.75, 3.05) is 37.9 Å². The van der Waals surface area contributed by atoms with Crippen molar-refractivity contribution in [2.45, 2.75) is 36.5 Å². The maximum atomic E-state index is 13.0. The first-order valence-corrected chi connectivity index (χ1v) is 12.1. The van der Waals surface area contributed by atoms with E-state index in [4.69, 9.17) is 9.47 Å². The predicted molar refractivity (Wildman–Crippen MR) is 100 cm³/mol. The van der Waals surface area contributed by atoms with Crippen LogP contribution in [0.25, 0.3) is 0 Å². The van der Waals surface area contributed by atoms with Crippen molar-refractivity contribution in [3.63, 3.8) is 0 Å². The summed E-state index contributed by atoms with van der Waals surface area (Å²) in [6, 6.07) is 5.50. The Bertz CT molecular complexity index is 774. The fourth-order valence-electron chi connectivity index (χ4n) is 2.98. The number of hydrogen-bond donors (Lipinski definition) is 1. The second kappa shape index (κ2) is 9.16. The van der Waals surface area contributed by atoms with Gasteiger partial charge < -0.3 is 14.8 Å². The van der Waals surface area contributed by atoms with Crippen molar-refractivity contribution < 1.29 is 26.3 Å². The Kier molecular flexibility index (Phi) is 7.45. The Balaban J connectivity index is 2.13. The summed E-state index contributed by atoms with van der Waals surface area (Å²) in [5.41, 5.74) is 0. The zero-order valence-electron chi connectivity index (χ0n) is 15.2. The van der Waals surface area contributed by atoms with E-state index < -0.39 is 31.0 Å². The Morgan fingerprint density at radius 1 is 1.12 bits per heavy atom. The van der Waals surface area contributed by atoms with Crippen LogP contribution in [-0.2, 0) is 24.4 Å². The Morgan fingerprint density at radius 2 is 1.81 bits per heavy atom. The molecule has 0 unspecified atom stereocenters. The normalized spacial score (nSPS) is 22.4. The number of benzene rings is 1. The van der Waals surface area contributed by atoms with E-state index in [1.165, 1.54) is 12.1 Å². The average Bonchev–Trinajstić information content (AvgIpc) is 2.91. The van der Waals surface area contributed by atoms with Gasteiger partial charge in [-0.1, -0.05) is 0 Å². The fraction of sp³-hybridized carbons (Fsp3) is 0.647. The summed E-state index contributed by atoms with van der Waals surface area (Å²) >= 11 is 0. The summed E-state index contributed by atoms with van der Waals surface area (Å²) in [5, 5.41) is 2.10. The van der Waals surface area contributed by atoms with E-state index in [1.54, 1.807) is 12.1 Å². The van der Waals surface area contributed by atoms with Gasteiger partial charge in [-0.25, -0.2) is 16.8 Å². The van der Waals surface area contributed by atoms with Gasteiger partial charge in [-0.15, -0.1) is 0 Å². The summed E-state index contributed by atoms with van der Waals surface area (Å²) in [6.07, 6.45) is 0.695. The molecule has 0 amide bonds. The molecule has 0 bridgehead atoms. The van der Waals surface area contributed by atoms with E-state index in [0.717, 1.165) is 0 Å². The van der Waals surface area contributed by atoms with Crippen molar-refractivity contribution in [1.82, 2.24) is 5.32 Å². The molecule has 1 aliphatic rings. The third-order valence-corrected chi connectivity index (χ3v) is 8.40. The maximum absolute atomic E-state index is 13.0. The Labute approximate surface area is 155 Å². The van der Waals surface area contributed by atoms with E-state index in [9.17, 15) is 16.8 Å². The van der Waals surface area contributed by atoms with Gasteiger partial charge in [0.25, 0.3) is 0 Å². The minimum absolute atomic E-state index is 0.115. The molecule has 1 aromatic rings. The predicted octanol–water partition coefficient (Wildman–Crippen LogP) is 1.04. The van der Waals surface area contributed by atoms with Gasteiger partial charge in [-0.3, -0.25) is 0 Å². The highest BCUT2D eigenvalue weighted by Crippen LogP contribution is 2.27. The molecule has 1 saturated heterocycles. The Hall–Kier alpha value is -1.16. The van der Waals surface area contributed by atoms with Gasteiger partial charge in [0.2, 0.25) is 0 Å². The standard InChI is InChI=1S/C17H27NO6S2/c1-3-23-11-5-10-18-16-12-25(19,20)13-17(16)26(21,22)15-8-6-14(7-9-15)24-4-2/h6-9,16-18H,3-5,10-13H2,1-2H3/t16-,17-/m0/s1. The number of ether oxygens (including phenoxy) is 2. The van der Waals surface area contributed by atoms with Crippen LogP contribution in [-0.4, -0.2) is 66.0 Å². The molecule has 1 heterocycles. The monoisotopic (exact) mass is 405 g/mol. The van der Waals surface area contributed by atoms with Crippen LogP contribution in [0.15, 0.2) is 29.2 Å². The second-order valence-electron chi connectivity index (χ2n) is 6.18. The molecule has 0 saturated carbocycles. The van der Waals surface area contributed by atoms with Crippen molar-refractivity contribution in [1.29, 1.82) is 0 Å². The fourth-order valence-corrected chi connectivity index (χ4v) is 7.70. The van der Waals surface area contributed by atoms with Gasteiger partial charge in [0, 0.05) is 19.3 Å². The molecular weight excluding hydrogens is 378 g/mol. The lowest BCUT2D eigenvalue weighted by Gasteiger charge is -2.20. The van der Waals surface area contributed by atoms with Crippen LogP contribution in [0.5, 0.6) is 5.75 Å². The van der Waals surface area contributed by atoms with Crippen LogP contribution in [0.2, 0.25) is 0 Å². The average molecular weight is 406 g/mol. The SMILES string of the molecule is CCOCCCN[C@H]1CS(=O)(=O)C[C@@H]1S(=O)(=O)c1ccc(OCC)cc1. The highest BCUT2D eigenvalue weighted by Gasteiger charge is 2.45. The van der Waals surface area contributed by atoms with Crippen LogP contribution in [0.1, 0.15) is 20.3 Å². The van der Waals surface area contributed by atoms with Crippen LogP contribution >= 0.6 is 0 Å². The van der Waals surface area contributed by atoms with E-state index in [1.807, 2.05) is 13.8 Å². The van der Waals surface area contributed by atoms with Crippen molar-refractivity contribution >= 4 is 19.7 Å². The van der Waals surface area contributed by atoms with Gasteiger partial charge in [0.1, 0.15) is 5.75 Å². The number of nitrogens with one attached hydrogen (secondary N) is 1. The molecule has 1 fully saturated rings. The molecule has 2 atom stereocenters. The molecule has 1 N–H and O–H groups in total. The summed E-state index contributed by atoms with van der Waals surface area (Å²) < 4.78 is 60.6. The summed E-state index contributed by atoms with van der Waals surface area (Å²) in [5.74, 6) is 0.0601. The first-order valence-electron chi connectivity index (χ1n) is 8.78. The van der Waals surface area contributed by atoms with Crippen LogP contribution in [0.3, 0.4) is 0 Å². The van der Waals surface area contributed by atoms with Gasteiger partial charge in [-0.05, 0) is 51.1 Å². The van der Waals surface area contributed by atoms with Gasteiger partial charge >= 0.3 is 0 Å². The van der Waals surface area contributed by atoms with Crippen LogP contribution in [0.4, 0.5) is 0 Å². The summed E-state index contributed by atoms with van der Waals surface area (Å²) in [4.78, 5) is 0.115. The number of rotatable bonds is 10. The molecule has 1 aromatic carbocycles. The third-order valence-electron chi connectivity index (χ3n) is 4.24. The molecule has 9 heteroatoms. The smallest absolute Gasteiger partial charge is 0.183 e. The molecule has 148 valence electrons. The molecule has 2 rings (SSSR count).